The number of hydrogen-bond acceptors (Lipinski definition) is 4. The number of ketones is 1. The number of methoxy groups -OCH3 is 2. The van der Waals surface area contributed by atoms with Crippen molar-refractivity contribution in [2.24, 2.45) is 0 Å². The van der Waals surface area contributed by atoms with E-state index in [0.29, 0.717) is 19.4 Å². The molecule has 0 aliphatic carbocycles. The summed E-state index contributed by atoms with van der Waals surface area (Å²) < 4.78 is 16.4. The minimum Gasteiger partial charge on any atom is -0.496 e. The van der Waals surface area contributed by atoms with Gasteiger partial charge in [0.05, 0.1) is 26.9 Å². The molecule has 1 aromatic carbocycles. The molecule has 4 heteroatoms. The number of rotatable bonds is 4. The minimum absolute atomic E-state index is 0.0593. The van der Waals surface area contributed by atoms with Crippen molar-refractivity contribution in [3.8, 4) is 11.5 Å². The lowest BCUT2D eigenvalue weighted by molar-refractivity contribution is -0.120. The van der Waals surface area contributed by atoms with Crippen molar-refractivity contribution in [1.29, 1.82) is 0 Å². The SMILES string of the molecule is COc1ccc(OC)c2c1COC(CC(C)=O)C2. The molecule has 1 aromatic rings. The van der Waals surface area contributed by atoms with E-state index in [-0.39, 0.29) is 11.9 Å². The summed E-state index contributed by atoms with van der Waals surface area (Å²) in [7, 11) is 3.29. The van der Waals surface area contributed by atoms with Crippen molar-refractivity contribution >= 4 is 5.78 Å². The number of fused-ring (bicyclic) bond motifs is 1. The van der Waals surface area contributed by atoms with Gasteiger partial charge in [-0.15, -0.1) is 0 Å². The number of ether oxygens (including phenoxy) is 3. The minimum atomic E-state index is -0.0593. The van der Waals surface area contributed by atoms with Gasteiger partial charge in [0.25, 0.3) is 0 Å². The van der Waals surface area contributed by atoms with Gasteiger partial charge in [-0.25, -0.2) is 0 Å². The van der Waals surface area contributed by atoms with E-state index < -0.39 is 0 Å². The largest absolute Gasteiger partial charge is 0.496 e. The van der Waals surface area contributed by atoms with Crippen LogP contribution in [0.2, 0.25) is 0 Å². The van der Waals surface area contributed by atoms with Gasteiger partial charge >= 0.3 is 0 Å². The van der Waals surface area contributed by atoms with Gasteiger partial charge in [0.1, 0.15) is 17.3 Å². The van der Waals surface area contributed by atoms with Crippen LogP contribution in [0.25, 0.3) is 0 Å². The van der Waals surface area contributed by atoms with Crippen molar-refractivity contribution in [3.05, 3.63) is 23.3 Å². The molecule has 18 heavy (non-hydrogen) atoms. The molecule has 1 aliphatic heterocycles. The average Bonchev–Trinajstić information content (AvgIpc) is 2.36. The first kappa shape index (κ1) is 12.9. The summed E-state index contributed by atoms with van der Waals surface area (Å²) in [6.45, 7) is 2.05. The van der Waals surface area contributed by atoms with Crippen LogP contribution in [0.15, 0.2) is 12.1 Å². The predicted octanol–water partition coefficient (Wildman–Crippen LogP) is 2.12. The van der Waals surface area contributed by atoms with E-state index in [0.717, 1.165) is 22.6 Å². The zero-order valence-corrected chi connectivity index (χ0v) is 11.0. The van der Waals surface area contributed by atoms with Gasteiger partial charge in [-0.05, 0) is 19.1 Å². The highest BCUT2D eigenvalue weighted by molar-refractivity contribution is 5.76. The molecule has 0 saturated heterocycles. The van der Waals surface area contributed by atoms with Crippen LogP contribution in [0.4, 0.5) is 0 Å². The van der Waals surface area contributed by atoms with Crippen molar-refractivity contribution in [2.45, 2.75) is 32.5 Å². The van der Waals surface area contributed by atoms with Crippen molar-refractivity contribution in [3.63, 3.8) is 0 Å². The summed E-state index contributed by atoms with van der Waals surface area (Å²) in [5.74, 6) is 1.79. The lowest BCUT2D eigenvalue weighted by Crippen LogP contribution is -2.25. The molecule has 0 spiro atoms. The van der Waals surface area contributed by atoms with Crippen molar-refractivity contribution < 1.29 is 19.0 Å². The Hall–Kier alpha value is -1.55. The molecule has 0 radical (unpaired) electrons. The van der Waals surface area contributed by atoms with Crippen molar-refractivity contribution in [1.82, 2.24) is 0 Å². The Morgan fingerprint density at radius 3 is 2.44 bits per heavy atom. The summed E-state index contributed by atoms with van der Waals surface area (Å²) in [6, 6.07) is 3.78. The second kappa shape index (κ2) is 5.40. The summed E-state index contributed by atoms with van der Waals surface area (Å²) in [5, 5.41) is 0. The molecule has 2 rings (SSSR count). The third-order valence-corrected chi connectivity index (χ3v) is 3.20. The van der Waals surface area contributed by atoms with Gasteiger partial charge in [0.2, 0.25) is 0 Å². The normalized spacial score (nSPS) is 18.1. The molecular formula is C14H18O4. The highest BCUT2D eigenvalue weighted by Crippen LogP contribution is 2.36. The maximum atomic E-state index is 11.2. The third kappa shape index (κ3) is 2.48. The Labute approximate surface area is 107 Å². The molecule has 1 atom stereocenters. The van der Waals surface area contributed by atoms with Crippen LogP contribution >= 0.6 is 0 Å². The van der Waals surface area contributed by atoms with Crippen LogP contribution < -0.4 is 9.47 Å². The number of carbonyl (C=O) groups excluding carboxylic acids is 1. The fraction of sp³-hybridized carbons (Fsp3) is 0.500. The number of carbonyl (C=O) groups is 1. The topological polar surface area (TPSA) is 44.8 Å². The maximum absolute atomic E-state index is 11.2. The summed E-state index contributed by atoms with van der Waals surface area (Å²) in [4.78, 5) is 11.2. The van der Waals surface area contributed by atoms with E-state index >= 15 is 0 Å². The Balaban J connectivity index is 2.31. The molecule has 1 heterocycles. The molecule has 1 aliphatic rings. The summed E-state index contributed by atoms with van der Waals surface area (Å²) in [5.41, 5.74) is 2.12. The molecule has 0 bridgehead atoms. The van der Waals surface area contributed by atoms with Crippen LogP contribution in [0.1, 0.15) is 24.5 Å². The van der Waals surface area contributed by atoms with E-state index in [4.69, 9.17) is 14.2 Å². The van der Waals surface area contributed by atoms with Crippen LogP contribution in [0.5, 0.6) is 11.5 Å². The second-order valence-electron chi connectivity index (χ2n) is 4.47. The highest BCUT2D eigenvalue weighted by atomic mass is 16.5. The molecule has 0 saturated carbocycles. The fourth-order valence-corrected chi connectivity index (χ4v) is 2.35. The predicted molar refractivity (Wildman–Crippen MR) is 67.1 cm³/mol. The average molecular weight is 250 g/mol. The molecule has 0 fully saturated rings. The second-order valence-corrected chi connectivity index (χ2v) is 4.47. The molecule has 4 nitrogen and oxygen atoms in total. The summed E-state index contributed by atoms with van der Waals surface area (Å²) >= 11 is 0. The molecule has 98 valence electrons. The number of Topliss-reactive ketones (excluding diaryl/α,β-unsaturated/α-hetero) is 1. The third-order valence-electron chi connectivity index (χ3n) is 3.20. The van der Waals surface area contributed by atoms with E-state index in [9.17, 15) is 4.79 Å². The van der Waals surface area contributed by atoms with Crippen LogP contribution in [0.3, 0.4) is 0 Å². The van der Waals surface area contributed by atoms with Gasteiger partial charge in [-0.2, -0.15) is 0 Å². The molecule has 0 aromatic heterocycles. The fourth-order valence-electron chi connectivity index (χ4n) is 2.35. The molecule has 1 unspecified atom stereocenters. The Kier molecular flexibility index (Phi) is 3.87. The van der Waals surface area contributed by atoms with E-state index in [1.807, 2.05) is 12.1 Å². The van der Waals surface area contributed by atoms with E-state index in [1.165, 1.54) is 0 Å². The lowest BCUT2D eigenvalue weighted by atomic mass is 9.95. The van der Waals surface area contributed by atoms with Crippen LogP contribution in [0, 0.1) is 0 Å². The Morgan fingerprint density at radius 1 is 1.28 bits per heavy atom. The van der Waals surface area contributed by atoms with Gasteiger partial charge in [-0.3, -0.25) is 4.79 Å². The first-order valence-electron chi connectivity index (χ1n) is 5.99. The van der Waals surface area contributed by atoms with Gasteiger partial charge in [0, 0.05) is 24.0 Å². The zero-order chi connectivity index (χ0) is 13.1. The molecular weight excluding hydrogens is 232 g/mol. The summed E-state index contributed by atoms with van der Waals surface area (Å²) in [6.07, 6.45) is 1.07. The van der Waals surface area contributed by atoms with Crippen LogP contribution in [-0.2, 0) is 22.6 Å². The van der Waals surface area contributed by atoms with Crippen LogP contribution in [-0.4, -0.2) is 26.1 Å². The Bertz CT molecular complexity index is 453. The van der Waals surface area contributed by atoms with Crippen molar-refractivity contribution in [2.75, 3.05) is 14.2 Å². The first-order chi connectivity index (χ1) is 8.65. The van der Waals surface area contributed by atoms with Gasteiger partial charge < -0.3 is 14.2 Å². The monoisotopic (exact) mass is 250 g/mol. The van der Waals surface area contributed by atoms with Gasteiger partial charge in [0.15, 0.2) is 0 Å². The first-order valence-corrected chi connectivity index (χ1v) is 5.99. The highest BCUT2D eigenvalue weighted by Gasteiger charge is 2.25. The zero-order valence-electron chi connectivity index (χ0n) is 11.0. The molecule has 0 N–H and O–H groups in total. The number of benzene rings is 1. The Morgan fingerprint density at radius 2 is 1.89 bits per heavy atom. The standard InChI is InChI=1S/C14H18O4/c1-9(15)6-10-7-11-12(8-18-10)14(17-3)5-4-13(11)16-2/h4-5,10H,6-8H2,1-3H3. The van der Waals surface area contributed by atoms with Gasteiger partial charge in [-0.1, -0.05) is 0 Å². The maximum Gasteiger partial charge on any atom is 0.132 e. The lowest BCUT2D eigenvalue weighted by Gasteiger charge is -2.27. The van der Waals surface area contributed by atoms with E-state index in [1.54, 1.807) is 21.1 Å². The number of hydrogen-bond donors (Lipinski definition) is 0. The quantitative estimate of drug-likeness (QED) is 0.821. The molecule has 0 amide bonds. The van der Waals surface area contributed by atoms with E-state index in [2.05, 4.69) is 0 Å². The smallest absolute Gasteiger partial charge is 0.132 e.